The molecule has 0 bridgehead atoms. The van der Waals surface area contributed by atoms with Crippen molar-refractivity contribution in [3.63, 3.8) is 0 Å². The van der Waals surface area contributed by atoms with Gasteiger partial charge in [0, 0.05) is 52.2 Å². The van der Waals surface area contributed by atoms with Gasteiger partial charge in [0.15, 0.2) is 0 Å². The number of rotatable bonds is 10. The zero-order chi connectivity index (χ0) is 54.0. The molecule has 1 N–H and O–H groups in total. The van der Waals surface area contributed by atoms with Crippen molar-refractivity contribution in [3.8, 4) is 78.6 Å². The molecule has 66 heavy (non-hydrogen) atoms. The Morgan fingerprint density at radius 1 is 0.591 bits per heavy atom. The normalized spacial score (nSPS) is 14.7. The quantitative estimate of drug-likeness (QED) is 0.139. The summed E-state index contributed by atoms with van der Waals surface area (Å²) in [5, 5.41) is 12.4. The summed E-state index contributed by atoms with van der Waals surface area (Å²) in [7, 11) is 0. The molecule has 334 valence electrons. The summed E-state index contributed by atoms with van der Waals surface area (Å²) in [5.41, 5.74) is 9.75. The Morgan fingerprint density at radius 3 is 1.92 bits per heavy atom. The second kappa shape index (κ2) is 18.9. The molecule has 0 saturated heterocycles. The smallest absolute Gasteiger partial charge is 0.148 e. The van der Waals surface area contributed by atoms with Crippen LogP contribution in [-0.2, 0) is 26.5 Å². The number of pyridine rings is 1. The van der Waals surface area contributed by atoms with Crippen molar-refractivity contribution in [1.29, 1.82) is 0 Å². The Kier molecular flexibility index (Phi) is 9.98. The number of para-hydroxylation sites is 1. The van der Waals surface area contributed by atoms with E-state index in [4.69, 9.17) is 23.7 Å². The Balaban J connectivity index is 0.00000765. The largest absolute Gasteiger partial charge is 0.507 e. The van der Waals surface area contributed by atoms with Crippen LogP contribution in [0.15, 0.2) is 164 Å². The zero-order valence-corrected chi connectivity index (χ0v) is 40.1. The van der Waals surface area contributed by atoms with Crippen LogP contribution in [0.1, 0.15) is 116 Å². The van der Waals surface area contributed by atoms with Crippen LogP contribution in [0, 0.1) is 6.07 Å². The van der Waals surface area contributed by atoms with E-state index in [-0.39, 0.29) is 44.2 Å². The van der Waals surface area contributed by atoms with Crippen molar-refractivity contribution in [2.24, 2.45) is 0 Å². The molecule has 9 aromatic rings. The first-order valence-electron chi connectivity index (χ1n) is 27.1. The maximum Gasteiger partial charge on any atom is 0.148 e. The minimum Gasteiger partial charge on any atom is -0.507 e. The van der Waals surface area contributed by atoms with Crippen LogP contribution in [0.4, 0.5) is 0 Å². The van der Waals surface area contributed by atoms with Crippen molar-refractivity contribution in [3.05, 3.63) is 192 Å². The summed E-state index contributed by atoms with van der Waals surface area (Å²) in [6.07, 6.45) is 1.65. The van der Waals surface area contributed by atoms with Gasteiger partial charge in [-0.2, -0.15) is 0 Å². The molecule has 0 saturated carbocycles. The van der Waals surface area contributed by atoms with Crippen molar-refractivity contribution in [2.45, 2.75) is 85.2 Å². The topological polar surface area (TPSA) is 50.9 Å². The summed E-state index contributed by atoms with van der Waals surface area (Å²) < 4.78 is 85.2. The third kappa shape index (κ3) is 9.09. The Hall–Kier alpha value is -6.35. The van der Waals surface area contributed by atoms with Crippen LogP contribution in [0.2, 0.25) is 0 Å². The fourth-order valence-electron chi connectivity index (χ4n) is 8.58. The van der Waals surface area contributed by atoms with Crippen molar-refractivity contribution < 1.29 is 39.9 Å². The summed E-state index contributed by atoms with van der Waals surface area (Å²) >= 11 is 0. The third-order valence-corrected chi connectivity index (χ3v) is 12.2. The minimum absolute atomic E-state index is 0. The molecule has 0 atom stereocenters. The van der Waals surface area contributed by atoms with E-state index in [1.807, 2.05) is 105 Å². The first-order chi connectivity index (χ1) is 35.3. The van der Waals surface area contributed by atoms with E-state index in [2.05, 4.69) is 74.7 Å². The van der Waals surface area contributed by atoms with Gasteiger partial charge in [0.05, 0.1) is 22.3 Å². The average Bonchev–Trinajstić information content (AvgIpc) is 3.75. The molecular formula is C61H58N3OPt-. The fourth-order valence-corrected chi connectivity index (χ4v) is 8.58. The van der Waals surface area contributed by atoms with Gasteiger partial charge in [0.25, 0.3) is 0 Å². The maximum absolute atomic E-state index is 12.4. The van der Waals surface area contributed by atoms with E-state index in [9.17, 15) is 5.11 Å². The molecule has 9 rings (SSSR count). The first-order valence-corrected chi connectivity index (χ1v) is 22.1. The van der Waals surface area contributed by atoms with Crippen molar-refractivity contribution >= 4 is 11.0 Å². The summed E-state index contributed by atoms with van der Waals surface area (Å²) in [5.74, 6) is -0.0261. The SMILES string of the molecule is [2H]C(C)(C)c1ccc(-n2c(-c3cc(C(C)C)cc(C(C)C)c3O)nc3c(-c4[c-]c(-c5cc(-c6ccc(C(C([2H])([2H])[2H])(C([2H])([2H])[2H])C([2H])([2H])[2H])cc6)ccn5)cc(-c5ccccc5)c4)cccc32)c(-c2ccccc2)c1.[Pt]. The molecule has 2 aromatic heterocycles. The molecule has 0 unspecified atom stereocenters. The average molecular weight is 1050 g/mol. The molecule has 0 radical (unpaired) electrons. The van der Waals surface area contributed by atoms with E-state index in [1.54, 1.807) is 24.4 Å². The van der Waals surface area contributed by atoms with E-state index >= 15 is 0 Å². The number of fused-ring (bicyclic) bond motifs is 1. The van der Waals surface area contributed by atoms with E-state index in [1.165, 1.54) is 12.1 Å². The van der Waals surface area contributed by atoms with Gasteiger partial charge < -0.3 is 5.11 Å². The number of nitrogens with zero attached hydrogens (tertiary/aromatic N) is 3. The molecule has 0 fully saturated rings. The Bertz CT molecular complexity index is 3520. The van der Waals surface area contributed by atoms with Crippen LogP contribution in [-0.4, -0.2) is 19.6 Å². The number of hydrogen-bond acceptors (Lipinski definition) is 3. The van der Waals surface area contributed by atoms with Crippen LogP contribution >= 0.6 is 0 Å². The van der Waals surface area contributed by atoms with Crippen LogP contribution in [0.5, 0.6) is 5.75 Å². The summed E-state index contributed by atoms with van der Waals surface area (Å²) in [6, 6.07) is 53.5. The molecule has 0 amide bonds. The predicted octanol–water partition coefficient (Wildman–Crippen LogP) is 16.6. The second-order valence-electron chi connectivity index (χ2n) is 17.7. The number of benzene rings is 7. The van der Waals surface area contributed by atoms with E-state index < -0.39 is 31.9 Å². The zero-order valence-electron chi connectivity index (χ0n) is 47.8. The fraction of sp³-hybridized carbons (Fsp3) is 0.213. The Labute approximate surface area is 419 Å². The Morgan fingerprint density at radius 2 is 1.26 bits per heavy atom. The van der Waals surface area contributed by atoms with Gasteiger partial charge in [0.1, 0.15) is 11.6 Å². The number of imidazole rings is 1. The molecule has 0 aliphatic rings. The monoisotopic (exact) mass is 1050 g/mol. The standard InChI is InChI=1S/C61H58N3O.Pt/c1-38(2)44-25-28-56(53(34-44)43-19-14-11-15-20-43)64-57-22-16-21-51(58(57)63-60(64)54-36-46(39(3)4)35-52(40(5)6)59(54)65)48-31-47(41-17-12-10-13-18-41)32-49(33-48)55-37-45(29-30-62-55)42-23-26-50(27-24-42)61(7,8)9;/h10-32,34-40,65H,1-9H3;/q-1;/i7D3,8D3,9D3,38D;. The van der Waals surface area contributed by atoms with Crippen LogP contribution < -0.4 is 0 Å². The van der Waals surface area contributed by atoms with Gasteiger partial charge in [-0.05, 0) is 98.0 Å². The molecular weight excluding hydrogens is 986 g/mol. The minimum atomic E-state index is -3.38. The van der Waals surface area contributed by atoms with Gasteiger partial charge in [-0.1, -0.05) is 194 Å². The molecule has 7 aromatic carbocycles. The van der Waals surface area contributed by atoms with Crippen molar-refractivity contribution in [1.82, 2.24) is 14.5 Å². The van der Waals surface area contributed by atoms with E-state index in [0.29, 0.717) is 39.3 Å². The summed E-state index contributed by atoms with van der Waals surface area (Å²) in [4.78, 5) is 10.4. The molecule has 0 spiro atoms. The molecule has 2 heterocycles. The predicted molar refractivity (Wildman–Crippen MR) is 273 cm³/mol. The number of aromatic hydroxyl groups is 1. The maximum atomic E-state index is 12.4. The molecule has 0 aliphatic heterocycles. The number of aromatic nitrogens is 3. The summed E-state index contributed by atoms with van der Waals surface area (Å²) in [6.45, 7) is 2.03. The van der Waals surface area contributed by atoms with Crippen LogP contribution in [0.3, 0.4) is 0 Å². The van der Waals surface area contributed by atoms with Gasteiger partial charge in [-0.15, -0.1) is 23.8 Å². The van der Waals surface area contributed by atoms with Crippen molar-refractivity contribution in [2.75, 3.05) is 0 Å². The van der Waals surface area contributed by atoms with Gasteiger partial charge in [0.2, 0.25) is 0 Å². The van der Waals surface area contributed by atoms with Crippen LogP contribution in [0.25, 0.3) is 83.9 Å². The first kappa shape index (κ1) is 34.9. The number of phenols is 1. The molecule has 4 nitrogen and oxygen atoms in total. The van der Waals surface area contributed by atoms with E-state index in [0.717, 1.165) is 61.3 Å². The molecule has 0 aliphatic carbocycles. The van der Waals surface area contributed by atoms with Gasteiger partial charge in [-0.3, -0.25) is 9.55 Å². The third-order valence-electron chi connectivity index (χ3n) is 12.2. The number of phenolic OH excluding ortho intramolecular Hbond substituents is 1. The van der Waals surface area contributed by atoms with Gasteiger partial charge >= 0.3 is 0 Å². The second-order valence-corrected chi connectivity index (χ2v) is 17.7. The molecule has 5 heteroatoms. The van der Waals surface area contributed by atoms with Gasteiger partial charge in [-0.25, -0.2) is 4.98 Å². The number of hydrogen-bond donors (Lipinski definition) is 1.